The van der Waals surface area contributed by atoms with Crippen molar-refractivity contribution < 1.29 is 0 Å². The average molecular weight is 237 g/mol. The van der Waals surface area contributed by atoms with Gasteiger partial charge in [-0.1, -0.05) is 0 Å². The van der Waals surface area contributed by atoms with Gasteiger partial charge in [-0.3, -0.25) is 4.40 Å². The summed E-state index contributed by atoms with van der Waals surface area (Å²) in [5.41, 5.74) is 0.776. The maximum atomic E-state index is 4.29. The molecule has 0 fully saturated rings. The first-order valence-corrected chi connectivity index (χ1v) is 6.60. The van der Waals surface area contributed by atoms with Gasteiger partial charge in [0.1, 0.15) is 6.33 Å². The van der Waals surface area contributed by atoms with Gasteiger partial charge < -0.3 is 5.32 Å². The topological polar surface area (TPSA) is 55.1 Å². The molecule has 2 aromatic rings. The monoisotopic (exact) mass is 237 g/mol. The van der Waals surface area contributed by atoms with Crippen molar-refractivity contribution in [2.24, 2.45) is 0 Å². The first-order chi connectivity index (χ1) is 7.81. The molecule has 86 valence electrons. The van der Waals surface area contributed by atoms with Crippen molar-refractivity contribution in [1.29, 1.82) is 0 Å². The van der Waals surface area contributed by atoms with E-state index in [-0.39, 0.29) is 0 Å². The number of thioether (sulfide) groups is 1. The highest BCUT2D eigenvalue weighted by Crippen LogP contribution is 2.12. The molecule has 1 atom stereocenters. The van der Waals surface area contributed by atoms with Crippen molar-refractivity contribution in [2.75, 3.05) is 17.3 Å². The normalized spacial score (nSPS) is 12.9. The van der Waals surface area contributed by atoms with E-state index < -0.39 is 0 Å². The second kappa shape index (κ2) is 5.16. The zero-order valence-electron chi connectivity index (χ0n) is 9.42. The van der Waals surface area contributed by atoms with E-state index >= 15 is 0 Å². The Morgan fingerprint density at radius 3 is 3.25 bits per heavy atom. The van der Waals surface area contributed by atoms with Crippen LogP contribution in [-0.4, -0.2) is 37.6 Å². The molecule has 0 radical (unpaired) electrons. The summed E-state index contributed by atoms with van der Waals surface area (Å²) >= 11 is 1.85. The predicted molar refractivity (Wildman–Crippen MR) is 66.9 cm³/mol. The molecule has 0 spiro atoms. The molecule has 0 amide bonds. The molecule has 2 aromatic heterocycles. The summed E-state index contributed by atoms with van der Waals surface area (Å²) in [6.07, 6.45) is 8.49. The number of hydrogen-bond donors (Lipinski definition) is 1. The fourth-order valence-corrected chi connectivity index (χ4v) is 2.05. The number of nitrogens with zero attached hydrogens (tertiary/aromatic N) is 4. The summed E-state index contributed by atoms with van der Waals surface area (Å²) in [5, 5.41) is 11.3. The number of hydrogen-bond acceptors (Lipinski definition) is 5. The van der Waals surface area contributed by atoms with Crippen molar-refractivity contribution in [3.8, 4) is 0 Å². The van der Waals surface area contributed by atoms with Crippen LogP contribution >= 0.6 is 11.8 Å². The third-order valence-corrected chi connectivity index (χ3v) is 3.00. The van der Waals surface area contributed by atoms with Crippen molar-refractivity contribution in [3.63, 3.8) is 0 Å². The predicted octanol–water partition coefficient (Wildman–Crippen LogP) is 1.68. The lowest BCUT2D eigenvalue weighted by Crippen LogP contribution is -2.17. The van der Waals surface area contributed by atoms with Crippen LogP contribution in [0.2, 0.25) is 0 Å². The summed E-state index contributed by atoms with van der Waals surface area (Å²) in [5.74, 6) is 1.94. The van der Waals surface area contributed by atoms with Gasteiger partial charge in [0.05, 0.1) is 0 Å². The molecule has 0 aliphatic carbocycles. The highest BCUT2D eigenvalue weighted by molar-refractivity contribution is 7.98. The van der Waals surface area contributed by atoms with Crippen molar-refractivity contribution >= 4 is 23.2 Å². The fraction of sp³-hybridized carbons (Fsp3) is 0.500. The fourth-order valence-electron chi connectivity index (χ4n) is 1.46. The smallest absolute Gasteiger partial charge is 0.203 e. The maximum absolute atomic E-state index is 4.29. The summed E-state index contributed by atoms with van der Waals surface area (Å²) in [6, 6.07) is 0.392. The molecule has 2 heterocycles. The molecule has 0 saturated carbocycles. The van der Waals surface area contributed by atoms with Gasteiger partial charge >= 0.3 is 0 Å². The molecule has 0 aromatic carbocycles. The summed E-state index contributed by atoms with van der Waals surface area (Å²) in [6.45, 7) is 2.15. The van der Waals surface area contributed by atoms with Crippen LogP contribution in [0.3, 0.4) is 0 Å². The van der Waals surface area contributed by atoms with Crippen molar-refractivity contribution in [1.82, 2.24) is 19.6 Å². The minimum atomic E-state index is 0.392. The van der Waals surface area contributed by atoms with Crippen LogP contribution in [0.1, 0.15) is 13.3 Å². The molecule has 16 heavy (non-hydrogen) atoms. The largest absolute Gasteiger partial charge is 0.364 e. The Morgan fingerprint density at radius 1 is 1.56 bits per heavy atom. The van der Waals surface area contributed by atoms with E-state index in [0.717, 1.165) is 23.6 Å². The Bertz CT molecular complexity index is 455. The van der Waals surface area contributed by atoms with E-state index in [9.17, 15) is 0 Å². The lowest BCUT2D eigenvalue weighted by Gasteiger charge is -2.13. The SMILES string of the molecule is CSCCC(C)Nc1nccn2cnnc12. The van der Waals surface area contributed by atoms with Gasteiger partial charge in [0.2, 0.25) is 5.65 Å². The minimum absolute atomic E-state index is 0.392. The van der Waals surface area contributed by atoms with Gasteiger partial charge in [0.15, 0.2) is 5.82 Å². The Morgan fingerprint density at radius 2 is 2.44 bits per heavy atom. The molecule has 0 aliphatic rings. The van der Waals surface area contributed by atoms with E-state index in [2.05, 4.69) is 33.7 Å². The Kier molecular flexibility index (Phi) is 3.61. The number of rotatable bonds is 5. The summed E-state index contributed by atoms with van der Waals surface area (Å²) in [4.78, 5) is 4.29. The molecule has 0 saturated heterocycles. The number of nitrogens with one attached hydrogen (secondary N) is 1. The summed E-state index contributed by atoms with van der Waals surface area (Å²) in [7, 11) is 0. The zero-order valence-corrected chi connectivity index (χ0v) is 10.2. The van der Waals surface area contributed by atoms with E-state index in [0.29, 0.717) is 6.04 Å². The lowest BCUT2D eigenvalue weighted by molar-refractivity contribution is 0.766. The van der Waals surface area contributed by atoms with E-state index in [4.69, 9.17) is 0 Å². The van der Waals surface area contributed by atoms with E-state index in [1.165, 1.54) is 0 Å². The van der Waals surface area contributed by atoms with Crippen LogP contribution in [-0.2, 0) is 0 Å². The van der Waals surface area contributed by atoms with Crippen molar-refractivity contribution in [3.05, 3.63) is 18.7 Å². The molecular formula is C10H15N5S. The molecular weight excluding hydrogens is 222 g/mol. The third-order valence-electron chi connectivity index (χ3n) is 2.35. The van der Waals surface area contributed by atoms with Crippen LogP contribution in [0.5, 0.6) is 0 Å². The Hall–Kier alpha value is -1.30. The highest BCUT2D eigenvalue weighted by atomic mass is 32.2. The van der Waals surface area contributed by atoms with Gasteiger partial charge in [-0.05, 0) is 25.4 Å². The van der Waals surface area contributed by atoms with E-state index in [1.807, 2.05) is 22.4 Å². The Labute approximate surface area is 98.7 Å². The molecule has 6 heteroatoms. The zero-order chi connectivity index (χ0) is 11.4. The lowest BCUT2D eigenvalue weighted by atomic mass is 10.2. The van der Waals surface area contributed by atoms with E-state index in [1.54, 1.807) is 12.5 Å². The summed E-state index contributed by atoms with van der Waals surface area (Å²) < 4.78 is 1.86. The second-order valence-electron chi connectivity index (χ2n) is 3.66. The van der Waals surface area contributed by atoms with Crippen LogP contribution in [0.4, 0.5) is 5.82 Å². The van der Waals surface area contributed by atoms with Gasteiger partial charge in [0, 0.05) is 18.4 Å². The number of fused-ring (bicyclic) bond motifs is 1. The van der Waals surface area contributed by atoms with Crippen molar-refractivity contribution in [2.45, 2.75) is 19.4 Å². The minimum Gasteiger partial charge on any atom is -0.364 e. The molecule has 5 nitrogen and oxygen atoms in total. The molecule has 1 unspecified atom stereocenters. The Balaban J connectivity index is 2.11. The third kappa shape index (κ3) is 2.44. The standard InChI is InChI=1S/C10H15N5S/c1-8(3-6-16-2)13-9-10-14-12-7-15(10)5-4-11-9/h4-5,7-8H,3,6H2,1-2H3,(H,11,13). The van der Waals surface area contributed by atoms with Gasteiger partial charge in [0.25, 0.3) is 0 Å². The first kappa shape index (κ1) is 11.2. The number of anilines is 1. The first-order valence-electron chi connectivity index (χ1n) is 5.21. The molecule has 0 aliphatic heterocycles. The van der Waals surface area contributed by atoms with Crippen LogP contribution in [0.25, 0.3) is 5.65 Å². The second-order valence-corrected chi connectivity index (χ2v) is 4.65. The van der Waals surface area contributed by atoms with Crippen LogP contribution in [0, 0.1) is 0 Å². The van der Waals surface area contributed by atoms with Gasteiger partial charge in [-0.15, -0.1) is 10.2 Å². The number of aromatic nitrogens is 4. The van der Waals surface area contributed by atoms with Gasteiger partial charge in [-0.25, -0.2) is 4.98 Å². The molecule has 2 rings (SSSR count). The maximum Gasteiger partial charge on any atom is 0.203 e. The molecule has 0 bridgehead atoms. The van der Waals surface area contributed by atoms with Crippen LogP contribution < -0.4 is 5.32 Å². The molecule has 1 N–H and O–H groups in total. The quantitative estimate of drug-likeness (QED) is 0.857. The highest BCUT2D eigenvalue weighted by Gasteiger charge is 2.07. The van der Waals surface area contributed by atoms with Crippen LogP contribution in [0.15, 0.2) is 18.7 Å². The van der Waals surface area contributed by atoms with Gasteiger partial charge in [-0.2, -0.15) is 11.8 Å². The average Bonchev–Trinajstić information content (AvgIpc) is 2.75.